The zero-order valence-electron chi connectivity index (χ0n) is 15.0. The molecule has 1 aliphatic heterocycles. The number of nitro groups is 1. The SMILES string of the molecule is Cc1nc2sc(C(c3ccc([N+](=O)[O-])cc3)N3CCCCCC3)c(O)n2n1. The Morgan fingerprint density at radius 1 is 1.19 bits per heavy atom. The topological polar surface area (TPSA) is 96.8 Å². The van der Waals surface area contributed by atoms with Gasteiger partial charge in [0, 0.05) is 12.1 Å². The van der Waals surface area contributed by atoms with Crippen molar-refractivity contribution in [3.05, 3.63) is 50.6 Å². The Labute approximate surface area is 160 Å². The van der Waals surface area contributed by atoms with Crippen molar-refractivity contribution in [2.24, 2.45) is 0 Å². The second-order valence-corrected chi connectivity index (χ2v) is 7.85. The van der Waals surface area contributed by atoms with Crippen LogP contribution in [0.25, 0.3) is 4.96 Å². The molecule has 1 fully saturated rings. The molecule has 0 radical (unpaired) electrons. The second-order valence-electron chi connectivity index (χ2n) is 6.84. The Kier molecular flexibility index (Phi) is 4.79. The zero-order chi connectivity index (χ0) is 19.0. The highest BCUT2D eigenvalue weighted by molar-refractivity contribution is 7.17. The summed E-state index contributed by atoms with van der Waals surface area (Å²) < 4.78 is 1.48. The Balaban J connectivity index is 1.80. The number of aromatic hydroxyl groups is 1. The van der Waals surface area contributed by atoms with Crippen LogP contribution in [0, 0.1) is 17.0 Å². The Morgan fingerprint density at radius 3 is 2.44 bits per heavy atom. The lowest BCUT2D eigenvalue weighted by Crippen LogP contribution is -2.30. The zero-order valence-corrected chi connectivity index (χ0v) is 15.9. The lowest BCUT2D eigenvalue weighted by Gasteiger charge is -2.30. The summed E-state index contributed by atoms with van der Waals surface area (Å²) in [4.78, 5) is 18.8. The van der Waals surface area contributed by atoms with Crippen molar-refractivity contribution in [1.29, 1.82) is 0 Å². The smallest absolute Gasteiger partial charge is 0.269 e. The number of benzene rings is 1. The molecule has 1 unspecified atom stereocenters. The van der Waals surface area contributed by atoms with Crippen molar-refractivity contribution < 1.29 is 10.0 Å². The van der Waals surface area contributed by atoms with E-state index >= 15 is 0 Å². The number of fused-ring (bicyclic) bond motifs is 1. The summed E-state index contributed by atoms with van der Waals surface area (Å²) in [6.07, 6.45) is 4.60. The molecule has 0 saturated carbocycles. The standard InChI is InChI=1S/C18H21N5O3S/c1-12-19-18-22(20-12)17(24)16(27-18)15(21-10-4-2-3-5-11-21)13-6-8-14(9-7-13)23(25)26/h6-9,15,24H,2-5,10-11H2,1H3. The molecule has 1 atom stereocenters. The van der Waals surface area contributed by atoms with Crippen molar-refractivity contribution in [3.8, 4) is 5.88 Å². The molecule has 142 valence electrons. The molecule has 1 saturated heterocycles. The van der Waals surface area contributed by atoms with Crippen LogP contribution in [0.2, 0.25) is 0 Å². The molecule has 0 aliphatic carbocycles. The molecule has 3 aromatic rings. The molecule has 0 amide bonds. The number of aromatic nitrogens is 3. The summed E-state index contributed by atoms with van der Waals surface area (Å²) in [5, 5.41) is 26.1. The summed E-state index contributed by atoms with van der Waals surface area (Å²) >= 11 is 1.42. The third-order valence-electron chi connectivity index (χ3n) is 4.98. The van der Waals surface area contributed by atoms with Crippen molar-refractivity contribution in [1.82, 2.24) is 19.5 Å². The number of non-ortho nitro benzene ring substituents is 1. The van der Waals surface area contributed by atoms with Crippen LogP contribution in [-0.2, 0) is 0 Å². The highest BCUT2D eigenvalue weighted by Gasteiger charge is 2.30. The van der Waals surface area contributed by atoms with Gasteiger partial charge in [-0.3, -0.25) is 15.0 Å². The number of likely N-dealkylation sites (tertiary alicyclic amines) is 1. The summed E-state index contributed by atoms with van der Waals surface area (Å²) in [5.41, 5.74) is 0.995. The van der Waals surface area contributed by atoms with E-state index < -0.39 is 4.92 Å². The van der Waals surface area contributed by atoms with Crippen molar-refractivity contribution in [2.75, 3.05) is 13.1 Å². The average Bonchev–Trinajstić information content (AvgIpc) is 3.01. The van der Waals surface area contributed by atoms with Crippen LogP contribution in [0.3, 0.4) is 0 Å². The van der Waals surface area contributed by atoms with E-state index in [2.05, 4.69) is 15.0 Å². The molecule has 1 aromatic carbocycles. The molecular formula is C18H21N5O3S. The monoisotopic (exact) mass is 387 g/mol. The number of hydrogen-bond acceptors (Lipinski definition) is 7. The van der Waals surface area contributed by atoms with Crippen molar-refractivity contribution in [3.63, 3.8) is 0 Å². The highest BCUT2D eigenvalue weighted by Crippen LogP contribution is 2.40. The fourth-order valence-electron chi connectivity index (χ4n) is 3.69. The first-order valence-electron chi connectivity index (χ1n) is 9.08. The normalized spacial score (nSPS) is 17.1. The third kappa shape index (κ3) is 3.40. The van der Waals surface area contributed by atoms with Crippen LogP contribution in [-0.4, -0.2) is 42.6 Å². The predicted molar refractivity (Wildman–Crippen MR) is 102 cm³/mol. The summed E-state index contributed by atoms with van der Waals surface area (Å²) in [6, 6.07) is 6.46. The maximum atomic E-state index is 11.0. The summed E-state index contributed by atoms with van der Waals surface area (Å²) in [7, 11) is 0. The minimum absolute atomic E-state index is 0.0656. The molecule has 9 heteroatoms. The van der Waals surface area contributed by atoms with E-state index in [-0.39, 0.29) is 17.6 Å². The fourth-order valence-corrected chi connectivity index (χ4v) is 4.85. The minimum atomic E-state index is -0.395. The molecule has 1 aliphatic rings. The third-order valence-corrected chi connectivity index (χ3v) is 6.05. The van der Waals surface area contributed by atoms with Gasteiger partial charge in [0.1, 0.15) is 5.82 Å². The van der Waals surface area contributed by atoms with Gasteiger partial charge in [-0.2, -0.15) is 4.52 Å². The average molecular weight is 387 g/mol. The van der Waals surface area contributed by atoms with Gasteiger partial charge in [0.05, 0.1) is 15.8 Å². The van der Waals surface area contributed by atoms with Gasteiger partial charge in [-0.1, -0.05) is 36.3 Å². The lowest BCUT2D eigenvalue weighted by molar-refractivity contribution is -0.384. The molecule has 8 nitrogen and oxygen atoms in total. The van der Waals surface area contributed by atoms with Crippen LogP contribution in [0.1, 0.15) is 48.0 Å². The van der Waals surface area contributed by atoms with E-state index in [0.717, 1.165) is 36.4 Å². The number of thiazole rings is 1. The van der Waals surface area contributed by atoms with Gasteiger partial charge in [-0.05, 0) is 38.4 Å². The lowest BCUT2D eigenvalue weighted by atomic mass is 10.0. The first kappa shape index (κ1) is 17.9. The van der Waals surface area contributed by atoms with E-state index in [9.17, 15) is 15.2 Å². The first-order valence-corrected chi connectivity index (χ1v) is 9.89. The Bertz CT molecular complexity index is 957. The number of nitrogens with zero attached hydrogens (tertiary/aromatic N) is 5. The predicted octanol–water partition coefficient (Wildman–Crippen LogP) is 3.68. The molecule has 3 heterocycles. The Hall–Kier alpha value is -2.52. The van der Waals surface area contributed by atoms with Gasteiger partial charge in [0.2, 0.25) is 10.8 Å². The quantitative estimate of drug-likeness (QED) is 0.542. The van der Waals surface area contributed by atoms with E-state index in [4.69, 9.17) is 0 Å². The molecule has 1 N–H and O–H groups in total. The fraction of sp³-hybridized carbons (Fsp3) is 0.444. The molecule has 2 aromatic heterocycles. The molecule has 4 rings (SSSR count). The van der Waals surface area contributed by atoms with E-state index in [1.165, 1.54) is 40.8 Å². The van der Waals surface area contributed by atoms with Crippen LogP contribution in [0.4, 0.5) is 5.69 Å². The Morgan fingerprint density at radius 2 is 1.85 bits per heavy atom. The van der Waals surface area contributed by atoms with Gasteiger partial charge in [-0.25, -0.2) is 4.98 Å². The van der Waals surface area contributed by atoms with E-state index in [0.29, 0.717) is 10.8 Å². The number of aryl methyl sites for hydroxylation is 1. The van der Waals surface area contributed by atoms with E-state index in [1.54, 1.807) is 19.1 Å². The largest absolute Gasteiger partial charge is 0.492 e. The van der Waals surface area contributed by atoms with E-state index in [1.807, 2.05) is 0 Å². The highest BCUT2D eigenvalue weighted by atomic mass is 32.1. The molecule has 0 bridgehead atoms. The van der Waals surface area contributed by atoms with Gasteiger partial charge < -0.3 is 5.11 Å². The van der Waals surface area contributed by atoms with Gasteiger partial charge >= 0.3 is 0 Å². The molecule has 27 heavy (non-hydrogen) atoms. The number of rotatable bonds is 4. The number of hydrogen-bond donors (Lipinski definition) is 1. The van der Waals surface area contributed by atoms with Crippen LogP contribution in [0.5, 0.6) is 5.88 Å². The van der Waals surface area contributed by atoms with Gasteiger partial charge in [0.15, 0.2) is 0 Å². The second kappa shape index (κ2) is 7.24. The van der Waals surface area contributed by atoms with Crippen LogP contribution < -0.4 is 0 Å². The van der Waals surface area contributed by atoms with Crippen molar-refractivity contribution in [2.45, 2.75) is 38.6 Å². The maximum absolute atomic E-state index is 11.0. The minimum Gasteiger partial charge on any atom is -0.492 e. The van der Waals surface area contributed by atoms with Crippen LogP contribution in [0.15, 0.2) is 24.3 Å². The van der Waals surface area contributed by atoms with Gasteiger partial charge in [-0.15, -0.1) is 5.10 Å². The van der Waals surface area contributed by atoms with Gasteiger partial charge in [0.25, 0.3) is 5.69 Å². The number of nitro benzene ring substituents is 1. The van der Waals surface area contributed by atoms with Crippen LogP contribution >= 0.6 is 11.3 Å². The van der Waals surface area contributed by atoms with Crippen molar-refractivity contribution >= 4 is 22.0 Å². The first-order chi connectivity index (χ1) is 13.0. The summed E-state index contributed by atoms with van der Waals surface area (Å²) in [6.45, 7) is 3.64. The molecular weight excluding hydrogens is 366 g/mol. The molecule has 0 spiro atoms. The maximum Gasteiger partial charge on any atom is 0.269 e. The summed E-state index contributed by atoms with van der Waals surface area (Å²) in [5.74, 6) is 0.716.